The number of hydrogen-bond acceptors (Lipinski definition) is 3. The number of hydrogen-bond donors (Lipinski definition) is 0. The van der Waals surface area contributed by atoms with Crippen LogP contribution in [0.2, 0.25) is 0 Å². The molecule has 24 heavy (non-hydrogen) atoms. The molecule has 0 saturated heterocycles. The van der Waals surface area contributed by atoms with Crippen molar-refractivity contribution < 1.29 is 14.3 Å². The molecule has 0 spiro atoms. The van der Waals surface area contributed by atoms with Gasteiger partial charge in [0.1, 0.15) is 0 Å². The standard InChI is InChI=1S/C21H30O3/c1-3-24-21(22)16-10-9-13-19(2)12-6-5-11-17-23-18-20-14-7-4-8-15-20/h4,7-10,13-16,19H,3,5-6,11-12,17-18H2,1-2H3/b13-9+,16-10+/t19-/m0/s1. The van der Waals surface area contributed by atoms with Gasteiger partial charge in [-0.3, -0.25) is 0 Å². The van der Waals surface area contributed by atoms with Crippen molar-refractivity contribution in [3.05, 3.63) is 60.2 Å². The Morgan fingerprint density at radius 1 is 1.12 bits per heavy atom. The second kappa shape index (κ2) is 13.6. The molecule has 3 nitrogen and oxygen atoms in total. The van der Waals surface area contributed by atoms with Gasteiger partial charge in [-0.1, -0.05) is 68.3 Å². The summed E-state index contributed by atoms with van der Waals surface area (Å²) >= 11 is 0. The van der Waals surface area contributed by atoms with Crippen LogP contribution in [0.3, 0.4) is 0 Å². The summed E-state index contributed by atoms with van der Waals surface area (Å²) in [6.07, 6.45) is 11.9. The second-order valence-electron chi connectivity index (χ2n) is 5.86. The van der Waals surface area contributed by atoms with Crippen molar-refractivity contribution in [1.82, 2.24) is 0 Å². The molecule has 0 amide bonds. The minimum absolute atomic E-state index is 0.287. The molecule has 0 bridgehead atoms. The Labute approximate surface area is 146 Å². The Bertz CT molecular complexity index is 491. The monoisotopic (exact) mass is 330 g/mol. The minimum Gasteiger partial charge on any atom is -0.463 e. The summed E-state index contributed by atoms with van der Waals surface area (Å²) in [4.78, 5) is 11.1. The summed E-state index contributed by atoms with van der Waals surface area (Å²) < 4.78 is 10.5. The molecule has 0 N–H and O–H groups in total. The average molecular weight is 330 g/mol. The number of benzene rings is 1. The molecular formula is C21H30O3. The molecule has 0 aliphatic rings. The lowest BCUT2D eigenvalue weighted by molar-refractivity contribution is -0.137. The first-order valence-electron chi connectivity index (χ1n) is 8.85. The maximum absolute atomic E-state index is 11.1. The fourth-order valence-electron chi connectivity index (χ4n) is 2.29. The third kappa shape index (κ3) is 10.8. The Kier molecular flexibility index (Phi) is 11.4. The first-order valence-corrected chi connectivity index (χ1v) is 8.85. The summed E-state index contributed by atoms with van der Waals surface area (Å²) in [7, 11) is 0. The molecule has 1 rings (SSSR count). The van der Waals surface area contributed by atoms with Crippen LogP contribution < -0.4 is 0 Å². The predicted molar refractivity (Wildman–Crippen MR) is 98.6 cm³/mol. The fraction of sp³-hybridized carbons (Fsp3) is 0.476. The first-order chi connectivity index (χ1) is 11.7. The van der Waals surface area contributed by atoms with Crippen molar-refractivity contribution in [3.8, 4) is 0 Å². The zero-order valence-electron chi connectivity index (χ0n) is 14.9. The summed E-state index contributed by atoms with van der Waals surface area (Å²) in [6, 6.07) is 10.3. The van der Waals surface area contributed by atoms with E-state index in [-0.39, 0.29) is 5.97 Å². The molecule has 3 heteroatoms. The molecule has 0 heterocycles. The van der Waals surface area contributed by atoms with Gasteiger partial charge in [0.15, 0.2) is 0 Å². The zero-order chi connectivity index (χ0) is 17.5. The molecule has 0 aliphatic heterocycles. The lowest BCUT2D eigenvalue weighted by Gasteiger charge is -2.06. The Morgan fingerprint density at radius 3 is 2.67 bits per heavy atom. The van der Waals surface area contributed by atoms with Crippen LogP contribution in [-0.2, 0) is 20.9 Å². The van der Waals surface area contributed by atoms with E-state index < -0.39 is 0 Å². The van der Waals surface area contributed by atoms with E-state index in [0.29, 0.717) is 19.1 Å². The van der Waals surface area contributed by atoms with Gasteiger partial charge in [-0.2, -0.15) is 0 Å². The number of rotatable bonds is 12. The summed E-state index contributed by atoms with van der Waals surface area (Å²) in [5, 5.41) is 0. The summed E-state index contributed by atoms with van der Waals surface area (Å²) in [6.45, 7) is 5.93. The molecule has 0 radical (unpaired) electrons. The zero-order valence-corrected chi connectivity index (χ0v) is 14.9. The normalized spacial score (nSPS) is 12.8. The molecule has 1 aromatic carbocycles. The number of esters is 1. The van der Waals surface area contributed by atoms with Crippen molar-refractivity contribution in [2.45, 2.75) is 46.1 Å². The van der Waals surface area contributed by atoms with E-state index in [1.54, 1.807) is 13.0 Å². The second-order valence-corrected chi connectivity index (χ2v) is 5.86. The van der Waals surface area contributed by atoms with E-state index in [2.05, 4.69) is 25.1 Å². The van der Waals surface area contributed by atoms with Crippen LogP contribution in [0.15, 0.2) is 54.6 Å². The molecule has 132 valence electrons. The van der Waals surface area contributed by atoms with Gasteiger partial charge in [0.05, 0.1) is 13.2 Å². The number of carbonyl (C=O) groups is 1. The minimum atomic E-state index is -0.287. The van der Waals surface area contributed by atoms with Crippen molar-refractivity contribution in [3.63, 3.8) is 0 Å². The van der Waals surface area contributed by atoms with E-state index in [4.69, 9.17) is 9.47 Å². The highest BCUT2D eigenvalue weighted by Gasteiger charge is 1.98. The van der Waals surface area contributed by atoms with Crippen LogP contribution >= 0.6 is 0 Å². The van der Waals surface area contributed by atoms with Gasteiger partial charge < -0.3 is 9.47 Å². The lowest BCUT2D eigenvalue weighted by Crippen LogP contribution is -1.98. The maximum Gasteiger partial charge on any atom is 0.330 e. The maximum atomic E-state index is 11.1. The van der Waals surface area contributed by atoms with Gasteiger partial charge in [0.25, 0.3) is 0 Å². The fourth-order valence-corrected chi connectivity index (χ4v) is 2.29. The SMILES string of the molecule is CCOC(=O)/C=C/C=C/[C@@H](C)CCCCCOCc1ccccc1. The largest absolute Gasteiger partial charge is 0.463 e. The summed E-state index contributed by atoms with van der Waals surface area (Å²) in [5.41, 5.74) is 1.23. The van der Waals surface area contributed by atoms with Gasteiger partial charge in [-0.25, -0.2) is 4.79 Å². The van der Waals surface area contributed by atoms with E-state index >= 15 is 0 Å². The highest BCUT2D eigenvalue weighted by molar-refractivity contribution is 5.82. The molecule has 1 aromatic rings. The van der Waals surface area contributed by atoms with Gasteiger partial charge in [0, 0.05) is 12.7 Å². The number of carbonyl (C=O) groups excluding carboxylic acids is 1. The lowest BCUT2D eigenvalue weighted by atomic mass is 10.0. The third-order valence-corrected chi connectivity index (χ3v) is 3.63. The van der Waals surface area contributed by atoms with Crippen molar-refractivity contribution in [2.75, 3.05) is 13.2 Å². The molecule has 0 saturated carbocycles. The van der Waals surface area contributed by atoms with Gasteiger partial charge in [0.2, 0.25) is 0 Å². The van der Waals surface area contributed by atoms with Crippen LogP contribution in [0.1, 0.15) is 45.1 Å². The van der Waals surface area contributed by atoms with E-state index in [9.17, 15) is 4.79 Å². The van der Waals surface area contributed by atoms with Crippen molar-refractivity contribution in [1.29, 1.82) is 0 Å². The van der Waals surface area contributed by atoms with Crippen LogP contribution in [0.25, 0.3) is 0 Å². The number of allylic oxidation sites excluding steroid dienone is 3. The van der Waals surface area contributed by atoms with Crippen LogP contribution in [0.4, 0.5) is 0 Å². The molecule has 0 unspecified atom stereocenters. The molecule has 0 fully saturated rings. The highest BCUT2D eigenvalue weighted by Crippen LogP contribution is 2.11. The van der Waals surface area contributed by atoms with Crippen LogP contribution in [-0.4, -0.2) is 19.2 Å². The predicted octanol–water partition coefficient (Wildman–Crippen LogP) is 5.08. The first kappa shape index (κ1) is 20.2. The van der Waals surface area contributed by atoms with Gasteiger partial charge in [-0.15, -0.1) is 0 Å². The smallest absolute Gasteiger partial charge is 0.330 e. The highest BCUT2D eigenvalue weighted by atomic mass is 16.5. The summed E-state index contributed by atoms with van der Waals surface area (Å²) in [5.74, 6) is 0.229. The van der Waals surface area contributed by atoms with Crippen molar-refractivity contribution in [2.24, 2.45) is 5.92 Å². The van der Waals surface area contributed by atoms with Gasteiger partial charge >= 0.3 is 5.97 Å². The Morgan fingerprint density at radius 2 is 1.92 bits per heavy atom. The molecule has 0 aromatic heterocycles. The molecular weight excluding hydrogens is 300 g/mol. The average Bonchev–Trinajstić information content (AvgIpc) is 2.59. The van der Waals surface area contributed by atoms with E-state index in [0.717, 1.165) is 19.4 Å². The van der Waals surface area contributed by atoms with Crippen LogP contribution in [0, 0.1) is 5.92 Å². The Balaban J connectivity index is 1.99. The number of unbranched alkanes of at least 4 members (excludes halogenated alkanes) is 2. The van der Waals surface area contributed by atoms with Crippen molar-refractivity contribution >= 4 is 5.97 Å². The van der Waals surface area contributed by atoms with Crippen LogP contribution in [0.5, 0.6) is 0 Å². The van der Waals surface area contributed by atoms with E-state index in [1.807, 2.05) is 24.3 Å². The number of ether oxygens (including phenoxy) is 2. The van der Waals surface area contributed by atoms with Gasteiger partial charge in [-0.05, 0) is 31.2 Å². The van der Waals surface area contributed by atoms with E-state index in [1.165, 1.54) is 24.5 Å². The molecule has 0 aliphatic carbocycles. The quantitative estimate of drug-likeness (QED) is 0.232. The topological polar surface area (TPSA) is 35.5 Å². The Hall–Kier alpha value is -1.87. The third-order valence-electron chi connectivity index (χ3n) is 3.63. The molecule has 1 atom stereocenters.